The Labute approximate surface area is 155 Å². The standard InChI is InChI=1S/C21H29N3O2/c1-15(20(25)22-17-7-3-2-4-8-17)24-13-11-16(12-14-24)21-23-18-9-5-6-10-19(18)26-21/h5-6,9-10,15-17H,2-4,7-8,11-14H2,1H3,(H,22,25). The van der Waals surface area contributed by atoms with Gasteiger partial charge in [0.2, 0.25) is 5.91 Å². The van der Waals surface area contributed by atoms with Crippen molar-refractivity contribution in [2.75, 3.05) is 13.1 Å². The first-order chi connectivity index (χ1) is 12.7. The van der Waals surface area contributed by atoms with Crippen LogP contribution >= 0.6 is 0 Å². The number of fused-ring (bicyclic) bond motifs is 1. The maximum Gasteiger partial charge on any atom is 0.237 e. The van der Waals surface area contributed by atoms with Crippen molar-refractivity contribution >= 4 is 17.0 Å². The van der Waals surface area contributed by atoms with E-state index >= 15 is 0 Å². The zero-order valence-electron chi connectivity index (χ0n) is 15.6. The summed E-state index contributed by atoms with van der Waals surface area (Å²) in [4.78, 5) is 19.6. The second-order valence-electron chi connectivity index (χ2n) is 7.85. The topological polar surface area (TPSA) is 58.4 Å². The summed E-state index contributed by atoms with van der Waals surface area (Å²) in [5.41, 5.74) is 1.80. The summed E-state index contributed by atoms with van der Waals surface area (Å²) in [6, 6.07) is 8.27. The Morgan fingerprint density at radius 3 is 2.62 bits per heavy atom. The lowest BCUT2D eigenvalue weighted by molar-refractivity contribution is -0.127. The fourth-order valence-corrected chi connectivity index (χ4v) is 4.33. The van der Waals surface area contributed by atoms with Crippen LogP contribution in [0.5, 0.6) is 0 Å². The highest BCUT2D eigenvalue weighted by Gasteiger charge is 2.30. The largest absolute Gasteiger partial charge is 0.440 e. The molecule has 2 heterocycles. The zero-order valence-corrected chi connectivity index (χ0v) is 15.6. The molecule has 140 valence electrons. The first-order valence-corrected chi connectivity index (χ1v) is 10.1. The monoisotopic (exact) mass is 355 g/mol. The maximum atomic E-state index is 12.6. The maximum absolute atomic E-state index is 12.6. The van der Waals surface area contributed by atoms with Crippen LogP contribution in [0.1, 0.15) is 63.7 Å². The molecule has 1 aliphatic heterocycles. The molecule has 0 spiro atoms. The third-order valence-corrected chi connectivity index (χ3v) is 6.07. The molecule has 26 heavy (non-hydrogen) atoms. The number of para-hydroxylation sites is 2. The van der Waals surface area contributed by atoms with Crippen molar-refractivity contribution in [1.82, 2.24) is 15.2 Å². The quantitative estimate of drug-likeness (QED) is 0.905. The van der Waals surface area contributed by atoms with Gasteiger partial charge in [0.05, 0.1) is 6.04 Å². The van der Waals surface area contributed by atoms with E-state index < -0.39 is 0 Å². The van der Waals surface area contributed by atoms with Crippen LogP contribution in [0.4, 0.5) is 0 Å². The smallest absolute Gasteiger partial charge is 0.237 e. The molecule has 4 rings (SSSR count). The van der Waals surface area contributed by atoms with E-state index in [1.54, 1.807) is 0 Å². The number of oxazole rings is 1. The summed E-state index contributed by atoms with van der Waals surface area (Å²) in [6.45, 7) is 3.88. The minimum Gasteiger partial charge on any atom is -0.440 e. The molecule has 1 amide bonds. The van der Waals surface area contributed by atoms with Gasteiger partial charge in [0.15, 0.2) is 11.5 Å². The first kappa shape index (κ1) is 17.5. The second-order valence-corrected chi connectivity index (χ2v) is 7.85. The Morgan fingerprint density at radius 2 is 1.88 bits per heavy atom. The number of likely N-dealkylation sites (tertiary alicyclic amines) is 1. The van der Waals surface area contributed by atoms with E-state index in [1.165, 1.54) is 19.3 Å². The number of nitrogens with zero attached hydrogens (tertiary/aromatic N) is 2. The van der Waals surface area contributed by atoms with Crippen molar-refractivity contribution in [2.24, 2.45) is 0 Å². The van der Waals surface area contributed by atoms with Crippen molar-refractivity contribution in [2.45, 2.75) is 69.9 Å². The number of nitrogens with one attached hydrogen (secondary N) is 1. The van der Waals surface area contributed by atoms with Gasteiger partial charge in [0.1, 0.15) is 5.52 Å². The van der Waals surface area contributed by atoms with E-state index in [-0.39, 0.29) is 11.9 Å². The van der Waals surface area contributed by atoms with Gasteiger partial charge >= 0.3 is 0 Å². The van der Waals surface area contributed by atoms with Gasteiger partial charge in [-0.3, -0.25) is 9.69 Å². The summed E-state index contributed by atoms with van der Waals surface area (Å²) in [6.07, 6.45) is 8.06. The van der Waals surface area contributed by atoms with Crippen LogP contribution in [-0.4, -0.2) is 41.0 Å². The van der Waals surface area contributed by atoms with Crippen LogP contribution in [0, 0.1) is 0 Å². The Kier molecular flexibility index (Phi) is 5.25. The van der Waals surface area contributed by atoms with Gasteiger partial charge < -0.3 is 9.73 Å². The number of benzene rings is 1. The predicted molar refractivity (Wildman–Crippen MR) is 102 cm³/mol. The van der Waals surface area contributed by atoms with Crippen LogP contribution in [0.3, 0.4) is 0 Å². The Hall–Kier alpha value is -1.88. The third-order valence-electron chi connectivity index (χ3n) is 6.07. The molecule has 1 atom stereocenters. The third kappa shape index (κ3) is 3.78. The molecular weight excluding hydrogens is 326 g/mol. The Bertz CT molecular complexity index is 710. The summed E-state index contributed by atoms with van der Waals surface area (Å²) >= 11 is 0. The van der Waals surface area contributed by atoms with Crippen molar-refractivity contribution in [3.05, 3.63) is 30.2 Å². The number of carbonyl (C=O) groups is 1. The van der Waals surface area contributed by atoms with Crippen molar-refractivity contribution in [1.29, 1.82) is 0 Å². The Morgan fingerprint density at radius 1 is 1.15 bits per heavy atom. The summed E-state index contributed by atoms with van der Waals surface area (Å²) in [5, 5.41) is 3.27. The molecular formula is C21H29N3O2. The Balaban J connectivity index is 1.31. The molecule has 0 radical (unpaired) electrons. The number of piperidine rings is 1. The van der Waals surface area contributed by atoms with Crippen molar-refractivity contribution in [3.8, 4) is 0 Å². The number of amides is 1. The number of aromatic nitrogens is 1. The number of carbonyl (C=O) groups excluding carboxylic acids is 1. The van der Waals surface area contributed by atoms with Crippen molar-refractivity contribution in [3.63, 3.8) is 0 Å². The highest BCUT2D eigenvalue weighted by atomic mass is 16.3. The fourth-order valence-electron chi connectivity index (χ4n) is 4.33. The van der Waals surface area contributed by atoms with Crippen LogP contribution in [-0.2, 0) is 4.79 Å². The average molecular weight is 355 g/mol. The predicted octanol–water partition coefficient (Wildman–Crippen LogP) is 3.84. The van der Waals surface area contributed by atoms with Crippen LogP contribution < -0.4 is 5.32 Å². The lowest BCUT2D eigenvalue weighted by Gasteiger charge is -2.35. The van der Waals surface area contributed by atoms with E-state index in [1.807, 2.05) is 31.2 Å². The van der Waals surface area contributed by atoms with E-state index in [2.05, 4.69) is 15.2 Å². The van der Waals surface area contributed by atoms with Gasteiger partial charge in [0, 0.05) is 12.0 Å². The lowest BCUT2D eigenvalue weighted by atomic mass is 9.94. The molecule has 2 fully saturated rings. The van der Waals surface area contributed by atoms with Crippen LogP contribution in [0.15, 0.2) is 28.7 Å². The molecule has 1 aromatic carbocycles. The molecule has 5 heteroatoms. The summed E-state index contributed by atoms with van der Waals surface area (Å²) < 4.78 is 5.94. The van der Waals surface area contributed by atoms with Gasteiger partial charge in [0.25, 0.3) is 0 Å². The second kappa shape index (κ2) is 7.78. The SMILES string of the molecule is CC(C(=O)NC1CCCCC1)N1CCC(c2nc3ccccc3o2)CC1. The van der Waals surface area contributed by atoms with Gasteiger partial charge in [-0.15, -0.1) is 0 Å². The zero-order chi connectivity index (χ0) is 17.9. The molecule has 1 unspecified atom stereocenters. The van der Waals surface area contributed by atoms with Crippen molar-refractivity contribution < 1.29 is 9.21 Å². The molecule has 1 saturated carbocycles. The van der Waals surface area contributed by atoms with Crippen LogP contribution in [0.2, 0.25) is 0 Å². The molecule has 1 saturated heterocycles. The molecule has 2 aliphatic rings. The molecule has 0 bridgehead atoms. The minimum absolute atomic E-state index is 0.0542. The van der Waals surface area contributed by atoms with Gasteiger partial charge in [-0.2, -0.15) is 0 Å². The highest BCUT2D eigenvalue weighted by Crippen LogP contribution is 2.30. The van der Waals surface area contributed by atoms with E-state index in [0.29, 0.717) is 12.0 Å². The minimum atomic E-state index is -0.0542. The van der Waals surface area contributed by atoms with Gasteiger partial charge in [-0.05, 0) is 57.8 Å². The van der Waals surface area contributed by atoms with Gasteiger partial charge in [-0.1, -0.05) is 31.4 Å². The lowest BCUT2D eigenvalue weighted by Crippen LogP contribution is -2.50. The summed E-state index contributed by atoms with van der Waals surface area (Å²) in [7, 11) is 0. The number of hydrogen-bond acceptors (Lipinski definition) is 4. The molecule has 1 N–H and O–H groups in total. The summed E-state index contributed by atoms with van der Waals surface area (Å²) in [5.74, 6) is 1.40. The molecule has 5 nitrogen and oxygen atoms in total. The van der Waals surface area contributed by atoms with E-state index in [0.717, 1.165) is 55.8 Å². The number of hydrogen-bond donors (Lipinski definition) is 1. The average Bonchev–Trinajstić information content (AvgIpc) is 3.12. The molecule has 1 aromatic heterocycles. The highest BCUT2D eigenvalue weighted by molar-refractivity contribution is 5.81. The van der Waals surface area contributed by atoms with Crippen LogP contribution in [0.25, 0.3) is 11.1 Å². The molecule has 2 aromatic rings. The number of rotatable bonds is 4. The molecule has 1 aliphatic carbocycles. The van der Waals surface area contributed by atoms with E-state index in [4.69, 9.17) is 4.42 Å². The van der Waals surface area contributed by atoms with Gasteiger partial charge in [-0.25, -0.2) is 4.98 Å². The fraction of sp³-hybridized carbons (Fsp3) is 0.619. The first-order valence-electron chi connectivity index (χ1n) is 10.1. The normalized spacial score (nSPS) is 21.7. The van der Waals surface area contributed by atoms with E-state index in [9.17, 15) is 4.79 Å².